The Balaban J connectivity index is 1.84. The van der Waals surface area contributed by atoms with Crippen molar-refractivity contribution in [3.05, 3.63) is 40.6 Å². The van der Waals surface area contributed by atoms with Crippen LogP contribution in [0.4, 0.5) is 5.69 Å². The normalized spacial score (nSPS) is 19.4. The Morgan fingerprint density at radius 3 is 2.81 bits per heavy atom. The highest BCUT2D eigenvalue weighted by molar-refractivity contribution is 5.92. The summed E-state index contributed by atoms with van der Waals surface area (Å²) in [7, 11) is 0. The van der Waals surface area contributed by atoms with Crippen molar-refractivity contribution in [1.82, 2.24) is 9.88 Å². The smallest absolute Gasteiger partial charge is 0.327 e. The number of hydrogen-bond acceptors (Lipinski definition) is 7. The number of aromatic nitrogens is 1. The van der Waals surface area contributed by atoms with E-state index in [4.69, 9.17) is 9.78 Å². The molecule has 0 radical (unpaired) electrons. The van der Waals surface area contributed by atoms with E-state index in [-0.39, 0.29) is 28.2 Å². The zero-order valence-corrected chi connectivity index (χ0v) is 14.3. The fourth-order valence-corrected chi connectivity index (χ4v) is 3.21. The van der Waals surface area contributed by atoms with E-state index >= 15 is 0 Å². The van der Waals surface area contributed by atoms with Gasteiger partial charge in [0, 0.05) is 25.7 Å². The number of hydrogen-bond donors (Lipinski definition) is 0. The molecule has 9 nitrogen and oxygen atoms in total. The fourth-order valence-electron chi connectivity index (χ4n) is 3.21. The van der Waals surface area contributed by atoms with E-state index < -0.39 is 16.4 Å². The number of carbonyl (C=O) groups is 2. The number of nitro benzene ring substituents is 1. The molecule has 26 heavy (non-hydrogen) atoms. The maximum absolute atomic E-state index is 12.5. The molecule has 1 fully saturated rings. The van der Waals surface area contributed by atoms with E-state index in [1.54, 1.807) is 13.0 Å². The lowest BCUT2D eigenvalue weighted by Crippen LogP contribution is -2.51. The first-order valence-electron chi connectivity index (χ1n) is 8.04. The van der Waals surface area contributed by atoms with Crippen molar-refractivity contribution >= 4 is 28.5 Å². The molecule has 1 aliphatic rings. The molecule has 1 amide bonds. The van der Waals surface area contributed by atoms with Crippen LogP contribution in [0.3, 0.4) is 0 Å². The number of non-ortho nitro benzene ring substituents is 1. The zero-order valence-electron chi connectivity index (χ0n) is 14.3. The van der Waals surface area contributed by atoms with Crippen molar-refractivity contribution in [2.24, 2.45) is 0 Å². The number of fused-ring (bicyclic) bond motifs is 1. The van der Waals surface area contributed by atoms with Gasteiger partial charge in [-0.05, 0) is 38.0 Å². The average molecular weight is 359 g/mol. The van der Waals surface area contributed by atoms with Gasteiger partial charge in [0.05, 0.1) is 10.3 Å². The molecule has 1 aromatic heterocycles. The predicted octanol–water partition coefficient (Wildman–Crippen LogP) is 2.38. The van der Waals surface area contributed by atoms with Gasteiger partial charge in [0.25, 0.3) is 5.69 Å². The summed E-state index contributed by atoms with van der Waals surface area (Å²) in [6.07, 6.45) is 2.61. The van der Waals surface area contributed by atoms with Crippen molar-refractivity contribution < 1.29 is 24.3 Å². The molecule has 0 aliphatic carbocycles. The highest BCUT2D eigenvalue weighted by atomic mass is 17.2. The van der Waals surface area contributed by atoms with Gasteiger partial charge < -0.3 is 4.90 Å². The Hall–Kier alpha value is -3.23. The molecule has 0 bridgehead atoms. The largest absolute Gasteiger partial charge is 0.380 e. The van der Waals surface area contributed by atoms with E-state index in [0.29, 0.717) is 19.4 Å². The molecular weight excluding hydrogens is 342 g/mol. The Kier molecular flexibility index (Phi) is 4.45. The van der Waals surface area contributed by atoms with E-state index in [2.05, 4.69) is 4.98 Å². The third-order valence-corrected chi connectivity index (χ3v) is 4.57. The van der Waals surface area contributed by atoms with Crippen LogP contribution in [0.2, 0.25) is 0 Å². The third-order valence-electron chi connectivity index (χ3n) is 4.57. The van der Waals surface area contributed by atoms with Crippen molar-refractivity contribution in [2.45, 2.75) is 32.2 Å². The highest BCUT2D eigenvalue weighted by Crippen LogP contribution is 2.33. The maximum Gasteiger partial charge on any atom is 0.380 e. The molecule has 9 heteroatoms. The molecule has 1 aromatic carbocycles. The van der Waals surface area contributed by atoms with Crippen LogP contribution in [0.25, 0.3) is 10.9 Å². The summed E-state index contributed by atoms with van der Waals surface area (Å²) in [6.45, 7) is 3.49. The minimum atomic E-state index is -1.10. The van der Waals surface area contributed by atoms with Crippen LogP contribution in [0.15, 0.2) is 30.5 Å². The van der Waals surface area contributed by atoms with Crippen LogP contribution in [0, 0.1) is 10.1 Å². The SMILES string of the molecule is CC(=O)N1CCCC1(C)C(=O)OOc1ccc([N+](=O)[O-])c2cccnc12. The van der Waals surface area contributed by atoms with Crippen LogP contribution in [0.5, 0.6) is 5.75 Å². The lowest BCUT2D eigenvalue weighted by molar-refractivity contribution is -0.383. The average Bonchev–Trinajstić information content (AvgIpc) is 3.02. The topological polar surface area (TPSA) is 112 Å². The molecular formula is C17H17N3O6. The van der Waals surface area contributed by atoms with Gasteiger partial charge in [0.15, 0.2) is 0 Å². The summed E-state index contributed by atoms with van der Waals surface area (Å²) in [5.74, 6) is -0.840. The van der Waals surface area contributed by atoms with Gasteiger partial charge in [0.2, 0.25) is 11.7 Å². The molecule has 1 atom stereocenters. The highest BCUT2D eigenvalue weighted by Gasteiger charge is 2.47. The number of amides is 1. The van der Waals surface area contributed by atoms with E-state index in [9.17, 15) is 19.7 Å². The van der Waals surface area contributed by atoms with Gasteiger partial charge in [-0.2, -0.15) is 0 Å². The van der Waals surface area contributed by atoms with Gasteiger partial charge in [-0.25, -0.2) is 9.68 Å². The second-order valence-corrected chi connectivity index (χ2v) is 6.24. The molecule has 0 N–H and O–H groups in total. The number of pyridine rings is 1. The first-order valence-corrected chi connectivity index (χ1v) is 8.04. The Morgan fingerprint density at radius 2 is 2.12 bits per heavy atom. The molecule has 3 rings (SSSR count). The minimum Gasteiger partial charge on any atom is -0.327 e. The standard InChI is InChI=1S/C17H17N3O6/c1-11(21)19-10-4-8-17(19,2)16(22)26-25-14-7-6-13(20(23)24)12-5-3-9-18-15(12)14/h3,5-7,9H,4,8,10H2,1-2H3. The van der Waals surface area contributed by atoms with Crippen molar-refractivity contribution in [3.63, 3.8) is 0 Å². The van der Waals surface area contributed by atoms with Crippen LogP contribution in [0.1, 0.15) is 26.7 Å². The maximum atomic E-state index is 12.5. The van der Waals surface area contributed by atoms with Crippen molar-refractivity contribution in [3.8, 4) is 5.75 Å². The van der Waals surface area contributed by atoms with Gasteiger partial charge in [-0.15, -0.1) is 0 Å². The third kappa shape index (κ3) is 2.92. The van der Waals surface area contributed by atoms with Crippen LogP contribution >= 0.6 is 0 Å². The van der Waals surface area contributed by atoms with Gasteiger partial charge in [-0.1, -0.05) is 0 Å². The summed E-state index contributed by atoms with van der Waals surface area (Å²) >= 11 is 0. The minimum absolute atomic E-state index is 0.0792. The van der Waals surface area contributed by atoms with E-state index in [1.807, 2.05) is 0 Å². The second-order valence-electron chi connectivity index (χ2n) is 6.24. The molecule has 136 valence electrons. The molecule has 1 saturated heterocycles. The Labute approximate surface area is 148 Å². The predicted molar refractivity (Wildman–Crippen MR) is 90.1 cm³/mol. The summed E-state index contributed by atoms with van der Waals surface area (Å²) in [4.78, 5) is 50.4. The first-order chi connectivity index (χ1) is 12.3. The first kappa shape index (κ1) is 17.6. The summed E-state index contributed by atoms with van der Waals surface area (Å²) in [5.41, 5.74) is -1.03. The second kappa shape index (κ2) is 6.58. The molecule has 1 aliphatic heterocycles. The van der Waals surface area contributed by atoms with Gasteiger partial charge >= 0.3 is 5.97 Å². The van der Waals surface area contributed by atoms with Gasteiger partial charge in [0.1, 0.15) is 11.1 Å². The fraction of sp³-hybridized carbons (Fsp3) is 0.353. The van der Waals surface area contributed by atoms with Gasteiger partial charge in [-0.3, -0.25) is 24.8 Å². The lowest BCUT2D eigenvalue weighted by Gasteiger charge is -2.31. The number of nitrogens with zero attached hydrogens (tertiary/aromatic N) is 3. The monoisotopic (exact) mass is 359 g/mol. The summed E-state index contributed by atoms with van der Waals surface area (Å²) in [5, 5.41) is 11.4. The molecule has 1 unspecified atom stereocenters. The summed E-state index contributed by atoms with van der Waals surface area (Å²) < 4.78 is 0. The quantitative estimate of drug-likeness (QED) is 0.468. The number of nitro groups is 1. The number of carbonyl (C=O) groups excluding carboxylic acids is 2. The molecule has 2 aromatic rings. The molecule has 2 heterocycles. The van der Waals surface area contributed by atoms with E-state index in [0.717, 1.165) is 0 Å². The number of likely N-dealkylation sites (tertiary alicyclic amines) is 1. The zero-order chi connectivity index (χ0) is 18.9. The molecule has 0 saturated carbocycles. The summed E-state index contributed by atoms with van der Waals surface area (Å²) in [6, 6.07) is 5.67. The number of rotatable bonds is 4. The van der Waals surface area contributed by atoms with Crippen molar-refractivity contribution in [1.29, 1.82) is 0 Å². The van der Waals surface area contributed by atoms with Crippen LogP contribution < -0.4 is 4.89 Å². The van der Waals surface area contributed by atoms with Crippen LogP contribution in [-0.4, -0.2) is 38.8 Å². The van der Waals surface area contributed by atoms with E-state index in [1.165, 1.54) is 36.2 Å². The molecule has 0 spiro atoms. The Morgan fingerprint density at radius 1 is 1.35 bits per heavy atom. The number of benzene rings is 1. The van der Waals surface area contributed by atoms with Crippen LogP contribution in [-0.2, 0) is 14.5 Å². The lowest BCUT2D eigenvalue weighted by atomic mass is 9.99. The Bertz CT molecular complexity index is 899. The van der Waals surface area contributed by atoms with Crippen molar-refractivity contribution in [2.75, 3.05) is 6.54 Å².